The van der Waals surface area contributed by atoms with Crippen molar-refractivity contribution in [2.24, 2.45) is 0 Å². The van der Waals surface area contributed by atoms with E-state index in [1.54, 1.807) is 0 Å². The Labute approximate surface area is 174 Å². The highest BCUT2D eigenvalue weighted by atomic mass is 32.2. The fourth-order valence-electron chi connectivity index (χ4n) is 2.83. The predicted molar refractivity (Wildman–Crippen MR) is 103 cm³/mol. The van der Waals surface area contributed by atoms with Crippen LogP contribution >= 0.6 is 23.5 Å². The number of nitrogens with zero attached hydrogens (tertiary/aromatic N) is 1. The van der Waals surface area contributed by atoms with Gasteiger partial charge in [0.1, 0.15) is 17.7 Å². The topological polar surface area (TPSA) is 163 Å². The summed E-state index contributed by atoms with van der Waals surface area (Å²) < 4.78 is 10.2. The van der Waals surface area contributed by atoms with E-state index in [0.29, 0.717) is 0 Å². The highest BCUT2D eigenvalue weighted by Crippen LogP contribution is 2.46. The molecule has 1 saturated heterocycles. The molecule has 2 heterocycles. The van der Waals surface area contributed by atoms with Gasteiger partial charge in [0.25, 0.3) is 11.6 Å². The van der Waals surface area contributed by atoms with Crippen molar-refractivity contribution in [2.75, 3.05) is 37.6 Å². The standard InChI is InChI=1S/C16H22N2O9S2/c1-8(20)27-4-9-5-29-15-16(26-2,14(25)18(15)12(9)13(23)24)17-11(22)7-28-6-10(21)3-19/h10,15,19,21H,3-7H2,1-2H3,(H,17,22)(H,23,24)/t10?,15-,16+/m1/s1. The number of hydrogen-bond acceptors (Lipinski definition) is 10. The van der Waals surface area contributed by atoms with Crippen LogP contribution in [0.2, 0.25) is 0 Å². The second kappa shape index (κ2) is 9.80. The summed E-state index contributed by atoms with van der Waals surface area (Å²) >= 11 is 2.24. The minimum absolute atomic E-state index is 0.0911. The third kappa shape index (κ3) is 4.86. The van der Waals surface area contributed by atoms with Gasteiger partial charge in [-0.25, -0.2) is 4.79 Å². The monoisotopic (exact) mass is 450 g/mol. The van der Waals surface area contributed by atoms with E-state index in [9.17, 15) is 29.4 Å². The number of β-lactam (4-membered cyclic amide) rings is 1. The minimum atomic E-state index is -1.72. The van der Waals surface area contributed by atoms with Crippen molar-refractivity contribution in [3.8, 4) is 0 Å². The van der Waals surface area contributed by atoms with Crippen molar-refractivity contribution in [1.82, 2.24) is 10.2 Å². The van der Waals surface area contributed by atoms with Crippen molar-refractivity contribution in [3.05, 3.63) is 11.3 Å². The molecule has 4 N–H and O–H groups in total. The van der Waals surface area contributed by atoms with Crippen molar-refractivity contribution in [3.63, 3.8) is 0 Å². The molecule has 2 aliphatic heterocycles. The quantitative estimate of drug-likeness (QED) is 0.171. The van der Waals surface area contributed by atoms with Crippen molar-refractivity contribution < 1.29 is 44.0 Å². The van der Waals surface area contributed by atoms with Crippen LogP contribution in [-0.2, 0) is 28.7 Å². The van der Waals surface area contributed by atoms with Crippen LogP contribution in [0.4, 0.5) is 0 Å². The summed E-state index contributed by atoms with van der Waals surface area (Å²) in [7, 11) is 1.23. The molecule has 0 aromatic carbocycles. The lowest BCUT2D eigenvalue weighted by Gasteiger charge is -2.55. The van der Waals surface area contributed by atoms with E-state index in [-0.39, 0.29) is 35.1 Å². The first-order valence-electron chi connectivity index (χ1n) is 8.44. The number of carbonyl (C=O) groups is 4. The molecule has 1 fully saturated rings. The number of methoxy groups -OCH3 is 1. The van der Waals surface area contributed by atoms with Crippen LogP contribution in [0.15, 0.2) is 11.3 Å². The van der Waals surface area contributed by atoms with Crippen LogP contribution in [-0.4, -0.2) is 98.8 Å². The van der Waals surface area contributed by atoms with E-state index in [0.717, 1.165) is 16.7 Å². The lowest BCUT2D eigenvalue weighted by atomic mass is 9.98. The van der Waals surface area contributed by atoms with Gasteiger partial charge in [0.05, 0.1) is 18.5 Å². The summed E-state index contributed by atoms with van der Waals surface area (Å²) in [6, 6.07) is 0. The molecule has 0 aromatic heterocycles. The van der Waals surface area contributed by atoms with Gasteiger partial charge in [0.15, 0.2) is 0 Å². The Kier molecular flexibility index (Phi) is 7.94. The predicted octanol–water partition coefficient (Wildman–Crippen LogP) is -1.65. The fourth-order valence-corrected chi connectivity index (χ4v) is 5.00. The largest absolute Gasteiger partial charge is 0.477 e. The van der Waals surface area contributed by atoms with E-state index in [1.165, 1.54) is 25.8 Å². The lowest BCUT2D eigenvalue weighted by molar-refractivity contribution is -0.192. The molecule has 1 unspecified atom stereocenters. The third-order valence-corrected chi connectivity index (χ3v) is 6.62. The summed E-state index contributed by atoms with van der Waals surface area (Å²) in [5.41, 5.74) is -1.74. The van der Waals surface area contributed by atoms with E-state index in [4.69, 9.17) is 14.6 Å². The molecule has 0 spiro atoms. The maximum absolute atomic E-state index is 12.8. The molecule has 162 valence electrons. The number of carbonyl (C=O) groups excluding carboxylic acids is 3. The number of thioether (sulfide) groups is 2. The average Bonchev–Trinajstić information content (AvgIpc) is 2.68. The summed E-state index contributed by atoms with van der Waals surface area (Å²) in [6.07, 6.45) is -0.960. The van der Waals surface area contributed by atoms with E-state index in [1.807, 2.05) is 0 Å². The third-order valence-electron chi connectivity index (χ3n) is 4.16. The number of aliphatic carboxylic acids is 1. The Balaban J connectivity index is 2.13. The van der Waals surface area contributed by atoms with E-state index in [2.05, 4.69) is 5.32 Å². The van der Waals surface area contributed by atoms with Gasteiger partial charge >= 0.3 is 11.9 Å². The van der Waals surface area contributed by atoms with Crippen LogP contribution in [0.1, 0.15) is 6.92 Å². The number of carboxylic acid groups (broad SMARTS) is 1. The van der Waals surface area contributed by atoms with Gasteiger partial charge in [-0.1, -0.05) is 0 Å². The van der Waals surface area contributed by atoms with Gasteiger partial charge in [-0.3, -0.25) is 19.3 Å². The Morgan fingerprint density at radius 3 is 2.69 bits per heavy atom. The molecule has 2 rings (SSSR count). The number of hydrogen-bond donors (Lipinski definition) is 4. The van der Waals surface area contributed by atoms with Crippen molar-refractivity contribution >= 4 is 47.3 Å². The fraction of sp³-hybridized carbons (Fsp3) is 0.625. The number of ether oxygens (including phenoxy) is 2. The number of aliphatic hydroxyl groups is 2. The number of amides is 2. The van der Waals surface area contributed by atoms with Gasteiger partial charge in [-0.05, 0) is 0 Å². The highest BCUT2D eigenvalue weighted by molar-refractivity contribution is 8.00. The molecule has 11 nitrogen and oxygen atoms in total. The van der Waals surface area contributed by atoms with Crippen LogP contribution in [0, 0.1) is 0 Å². The highest BCUT2D eigenvalue weighted by Gasteiger charge is 2.66. The van der Waals surface area contributed by atoms with Gasteiger partial charge in [0, 0.05) is 31.1 Å². The van der Waals surface area contributed by atoms with Gasteiger partial charge in [0.2, 0.25) is 5.91 Å². The van der Waals surface area contributed by atoms with Gasteiger partial charge in [-0.2, -0.15) is 0 Å². The first-order valence-corrected chi connectivity index (χ1v) is 10.6. The molecule has 3 atom stereocenters. The van der Waals surface area contributed by atoms with Crippen LogP contribution < -0.4 is 5.32 Å². The lowest BCUT2D eigenvalue weighted by Crippen LogP contribution is -2.80. The molecule has 29 heavy (non-hydrogen) atoms. The Morgan fingerprint density at radius 1 is 1.45 bits per heavy atom. The Bertz CT molecular complexity index is 729. The molecule has 0 bridgehead atoms. The molecule has 0 saturated carbocycles. The number of rotatable bonds is 10. The van der Waals surface area contributed by atoms with E-state index >= 15 is 0 Å². The average molecular weight is 450 g/mol. The van der Waals surface area contributed by atoms with Gasteiger partial charge in [-0.15, -0.1) is 23.5 Å². The molecule has 0 aromatic rings. The van der Waals surface area contributed by atoms with Crippen molar-refractivity contribution in [2.45, 2.75) is 24.1 Å². The number of nitrogens with one attached hydrogen (secondary N) is 1. The summed E-state index contributed by atoms with van der Waals surface area (Å²) in [5.74, 6) is -3.01. The number of carboxylic acids is 1. The molecule has 2 aliphatic rings. The second-order valence-corrected chi connectivity index (χ2v) is 8.31. The maximum atomic E-state index is 12.8. The second-order valence-electron chi connectivity index (χ2n) is 6.22. The Hall–Kier alpha value is -1.80. The van der Waals surface area contributed by atoms with Gasteiger partial charge < -0.3 is 30.1 Å². The van der Waals surface area contributed by atoms with Crippen LogP contribution in [0.25, 0.3) is 0 Å². The zero-order chi connectivity index (χ0) is 21.8. The number of aliphatic hydroxyl groups excluding tert-OH is 2. The number of esters is 1. The molecule has 0 radical (unpaired) electrons. The molecule has 2 amide bonds. The number of fused-ring (bicyclic) bond motifs is 1. The molecule has 13 heteroatoms. The summed E-state index contributed by atoms with van der Waals surface area (Å²) in [5, 5.41) is 29.3. The first kappa shape index (κ1) is 23.5. The van der Waals surface area contributed by atoms with Crippen molar-refractivity contribution in [1.29, 1.82) is 0 Å². The zero-order valence-electron chi connectivity index (χ0n) is 15.7. The SMILES string of the molecule is CO[C@@]1(NC(=O)CSCC(O)CO)C(=O)N2C(C(=O)O)=C(COC(C)=O)CS[C@@H]21. The summed E-state index contributed by atoms with van der Waals surface area (Å²) in [4.78, 5) is 48.8. The summed E-state index contributed by atoms with van der Waals surface area (Å²) in [6.45, 7) is 0.511. The van der Waals surface area contributed by atoms with Crippen LogP contribution in [0.3, 0.4) is 0 Å². The molecular formula is C16H22N2O9S2. The zero-order valence-corrected chi connectivity index (χ0v) is 17.4. The minimum Gasteiger partial charge on any atom is -0.477 e. The maximum Gasteiger partial charge on any atom is 0.352 e. The smallest absolute Gasteiger partial charge is 0.352 e. The molecule has 0 aliphatic carbocycles. The molecular weight excluding hydrogens is 428 g/mol. The normalized spacial score (nSPS) is 24.5. The van der Waals surface area contributed by atoms with E-state index < -0.39 is 47.6 Å². The Morgan fingerprint density at radius 2 is 2.14 bits per heavy atom. The van der Waals surface area contributed by atoms with Crippen LogP contribution in [0.5, 0.6) is 0 Å². The first-order chi connectivity index (χ1) is 13.7.